The van der Waals surface area contributed by atoms with Crippen LogP contribution in [0.5, 0.6) is 0 Å². The Labute approximate surface area is 118 Å². The molecule has 18 heavy (non-hydrogen) atoms. The Morgan fingerprint density at radius 3 is 2.39 bits per heavy atom. The highest BCUT2D eigenvalue weighted by Crippen LogP contribution is 2.28. The summed E-state index contributed by atoms with van der Waals surface area (Å²) in [6, 6.07) is 0. The van der Waals surface area contributed by atoms with Crippen LogP contribution in [0.15, 0.2) is 0 Å². The number of rotatable bonds is 7. The van der Waals surface area contributed by atoms with Crippen LogP contribution in [0.3, 0.4) is 0 Å². The van der Waals surface area contributed by atoms with Gasteiger partial charge in [0.2, 0.25) is 5.91 Å². The minimum absolute atomic E-state index is 0. The highest BCUT2D eigenvalue weighted by atomic mass is 35.5. The number of carbonyl (C=O) groups is 1. The van der Waals surface area contributed by atoms with Gasteiger partial charge in [0, 0.05) is 12.5 Å². The van der Waals surface area contributed by atoms with Gasteiger partial charge < -0.3 is 11.1 Å². The predicted octanol–water partition coefficient (Wildman–Crippen LogP) is 2.87. The molecule has 4 heteroatoms. The van der Waals surface area contributed by atoms with Crippen molar-refractivity contribution in [3.63, 3.8) is 0 Å². The third kappa shape index (κ3) is 6.60. The van der Waals surface area contributed by atoms with E-state index in [9.17, 15) is 4.79 Å². The van der Waals surface area contributed by atoms with Crippen molar-refractivity contribution in [3.05, 3.63) is 0 Å². The number of hydrogen-bond acceptors (Lipinski definition) is 2. The molecular weight excluding hydrogens is 248 g/mol. The Hall–Kier alpha value is -0.280. The molecule has 0 aliphatic heterocycles. The van der Waals surface area contributed by atoms with Crippen LogP contribution < -0.4 is 11.1 Å². The van der Waals surface area contributed by atoms with Gasteiger partial charge in [0.1, 0.15) is 0 Å². The van der Waals surface area contributed by atoms with Gasteiger partial charge in [-0.15, -0.1) is 12.4 Å². The molecule has 1 aliphatic carbocycles. The molecule has 1 fully saturated rings. The van der Waals surface area contributed by atoms with Gasteiger partial charge in [-0.05, 0) is 44.6 Å². The lowest BCUT2D eigenvalue weighted by molar-refractivity contribution is -0.126. The summed E-state index contributed by atoms with van der Waals surface area (Å²) in [5.74, 6) is 1.18. The van der Waals surface area contributed by atoms with Crippen LogP contribution in [-0.2, 0) is 4.79 Å². The van der Waals surface area contributed by atoms with Crippen molar-refractivity contribution in [3.8, 4) is 0 Å². The highest BCUT2D eigenvalue weighted by molar-refractivity contribution is 5.85. The molecule has 0 spiro atoms. The van der Waals surface area contributed by atoms with Crippen molar-refractivity contribution >= 4 is 18.3 Å². The SMILES string of the molecule is CCCCCCNC(=O)[C@H]1CC[C@H](CN)CC1.Cl. The van der Waals surface area contributed by atoms with Crippen LogP contribution >= 0.6 is 12.4 Å². The summed E-state index contributed by atoms with van der Waals surface area (Å²) in [7, 11) is 0. The fraction of sp³-hybridized carbons (Fsp3) is 0.929. The quantitative estimate of drug-likeness (QED) is 0.703. The molecule has 1 rings (SSSR count). The molecule has 0 heterocycles. The molecule has 0 bridgehead atoms. The summed E-state index contributed by atoms with van der Waals surface area (Å²) in [6.07, 6.45) is 9.20. The number of halogens is 1. The summed E-state index contributed by atoms with van der Waals surface area (Å²) < 4.78 is 0. The zero-order chi connectivity index (χ0) is 12.5. The molecule has 0 radical (unpaired) electrons. The second-order valence-electron chi connectivity index (χ2n) is 5.31. The zero-order valence-corrected chi connectivity index (χ0v) is 12.4. The van der Waals surface area contributed by atoms with Crippen LogP contribution in [0.2, 0.25) is 0 Å². The summed E-state index contributed by atoms with van der Waals surface area (Å²) in [6.45, 7) is 3.84. The maximum absolute atomic E-state index is 11.9. The van der Waals surface area contributed by atoms with E-state index in [0.717, 1.165) is 45.2 Å². The Balaban J connectivity index is 0.00000289. The van der Waals surface area contributed by atoms with E-state index in [1.54, 1.807) is 0 Å². The molecule has 0 aromatic rings. The van der Waals surface area contributed by atoms with Gasteiger partial charge in [0.25, 0.3) is 0 Å². The topological polar surface area (TPSA) is 55.1 Å². The second-order valence-corrected chi connectivity index (χ2v) is 5.31. The zero-order valence-electron chi connectivity index (χ0n) is 11.6. The average molecular weight is 277 g/mol. The van der Waals surface area contributed by atoms with E-state index in [4.69, 9.17) is 5.73 Å². The molecule has 108 valence electrons. The molecule has 3 nitrogen and oxygen atoms in total. The lowest BCUT2D eigenvalue weighted by Crippen LogP contribution is -2.34. The first-order chi connectivity index (χ1) is 8.27. The Morgan fingerprint density at radius 1 is 1.17 bits per heavy atom. The first kappa shape index (κ1) is 17.7. The monoisotopic (exact) mass is 276 g/mol. The molecule has 1 saturated carbocycles. The summed E-state index contributed by atoms with van der Waals surface area (Å²) in [5, 5.41) is 3.07. The smallest absolute Gasteiger partial charge is 0.223 e. The fourth-order valence-electron chi connectivity index (χ4n) is 2.57. The Kier molecular flexibility index (Phi) is 10.5. The minimum Gasteiger partial charge on any atom is -0.356 e. The molecule has 0 atom stereocenters. The van der Waals surface area contributed by atoms with Crippen LogP contribution in [0, 0.1) is 11.8 Å². The number of nitrogens with one attached hydrogen (secondary N) is 1. The van der Waals surface area contributed by atoms with Gasteiger partial charge in [0.15, 0.2) is 0 Å². The van der Waals surface area contributed by atoms with Crippen molar-refractivity contribution < 1.29 is 4.79 Å². The largest absolute Gasteiger partial charge is 0.356 e. The molecule has 0 saturated heterocycles. The van der Waals surface area contributed by atoms with Gasteiger partial charge in [0.05, 0.1) is 0 Å². The lowest BCUT2D eigenvalue weighted by Gasteiger charge is -2.26. The van der Waals surface area contributed by atoms with E-state index in [2.05, 4.69) is 12.2 Å². The molecule has 0 aromatic heterocycles. The molecule has 3 N–H and O–H groups in total. The van der Waals surface area contributed by atoms with Gasteiger partial charge in [-0.25, -0.2) is 0 Å². The van der Waals surface area contributed by atoms with Gasteiger partial charge >= 0.3 is 0 Å². The first-order valence-electron chi connectivity index (χ1n) is 7.25. The van der Waals surface area contributed by atoms with Crippen molar-refractivity contribution in [2.75, 3.05) is 13.1 Å². The average Bonchev–Trinajstić information content (AvgIpc) is 2.38. The van der Waals surface area contributed by atoms with E-state index in [1.165, 1.54) is 19.3 Å². The van der Waals surface area contributed by atoms with E-state index in [1.807, 2.05) is 0 Å². The highest BCUT2D eigenvalue weighted by Gasteiger charge is 2.25. The van der Waals surface area contributed by atoms with E-state index >= 15 is 0 Å². The van der Waals surface area contributed by atoms with Crippen molar-refractivity contribution in [1.29, 1.82) is 0 Å². The maximum atomic E-state index is 11.9. The molecular formula is C14H29ClN2O. The van der Waals surface area contributed by atoms with Crippen LogP contribution in [-0.4, -0.2) is 19.0 Å². The lowest BCUT2D eigenvalue weighted by atomic mass is 9.81. The maximum Gasteiger partial charge on any atom is 0.223 e. The Bertz CT molecular complexity index is 216. The predicted molar refractivity (Wildman–Crippen MR) is 78.9 cm³/mol. The molecule has 0 unspecified atom stereocenters. The number of carbonyl (C=O) groups excluding carboxylic acids is 1. The van der Waals surface area contributed by atoms with Crippen LogP contribution in [0.25, 0.3) is 0 Å². The number of unbranched alkanes of at least 4 members (excludes halogenated alkanes) is 3. The normalized spacial score (nSPS) is 23.2. The van der Waals surface area contributed by atoms with Gasteiger partial charge in [-0.3, -0.25) is 4.79 Å². The minimum atomic E-state index is 0. The van der Waals surface area contributed by atoms with E-state index < -0.39 is 0 Å². The molecule has 1 amide bonds. The fourth-order valence-corrected chi connectivity index (χ4v) is 2.57. The van der Waals surface area contributed by atoms with E-state index in [-0.39, 0.29) is 24.2 Å². The number of amides is 1. The third-order valence-electron chi connectivity index (χ3n) is 3.88. The third-order valence-corrected chi connectivity index (χ3v) is 3.88. The van der Waals surface area contributed by atoms with Gasteiger partial charge in [-0.1, -0.05) is 26.2 Å². The first-order valence-corrected chi connectivity index (χ1v) is 7.25. The summed E-state index contributed by atoms with van der Waals surface area (Å²) in [4.78, 5) is 11.9. The van der Waals surface area contributed by atoms with Gasteiger partial charge in [-0.2, -0.15) is 0 Å². The second kappa shape index (κ2) is 10.6. The van der Waals surface area contributed by atoms with Crippen molar-refractivity contribution in [2.45, 2.75) is 58.3 Å². The molecule has 1 aliphatic rings. The van der Waals surface area contributed by atoms with Crippen molar-refractivity contribution in [1.82, 2.24) is 5.32 Å². The van der Waals surface area contributed by atoms with Crippen molar-refractivity contribution in [2.24, 2.45) is 17.6 Å². The summed E-state index contributed by atoms with van der Waals surface area (Å²) in [5.41, 5.74) is 5.65. The van der Waals surface area contributed by atoms with Crippen LogP contribution in [0.1, 0.15) is 58.3 Å². The molecule has 0 aromatic carbocycles. The van der Waals surface area contributed by atoms with Crippen LogP contribution in [0.4, 0.5) is 0 Å². The van der Waals surface area contributed by atoms with E-state index in [0.29, 0.717) is 5.92 Å². The Morgan fingerprint density at radius 2 is 1.83 bits per heavy atom. The standard InChI is InChI=1S/C14H28N2O.ClH/c1-2-3-4-5-10-16-14(17)13-8-6-12(11-15)7-9-13;/h12-13H,2-11,15H2,1H3,(H,16,17);1H/t12-,13-;. The number of nitrogens with two attached hydrogens (primary N) is 1. The number of hydrogen-bond donors (Lipinski definition) is 2. The summed E-state index contributed by atoms with van der Waals surface area (Å²) >= 11 is 0.